The molecule has 21 heavy (non-hydrogen) atoms. The molecule has 0 spiro atoms. The zero-order valence-corrected chi connectivity index (χ0v) is 11.9. The second kappa shape index (κ2) is 5.15. The number of amides is 1. The summed E-state index contributed by atoms with van der Waals surface area (Å²) in [7, 11) is 0. The van der Waals surface area contributed by atoms with Crippen LogP contribution in [0.3, 0.4) is 0 Å². The number of rotatable bonds is 3. The Hall–Kier alpha value is -1.88. The molecule has 0 bridgehead atoms. The van der Waals surface area contributed by atoms with Gasteiger partial charge in [0.25, 0.3) is 0 Å². The molecule has 1 atom stereocenters. The highest BCUT2D eigenvalue weighted by Crippen LogP contribution is 2.40. The molecule has 1 aromatic heterocycles. The molecular formula is C16H19N3O2. The van der Waals surface area contributed by atoms with Crippen LogP contribution in [0.2, 0.25) is 0 Å². The van der Waals surface area contributed by atoms with E-state index in [9.17, 15) is 4.79 Å². The predicted octanol–water partition coefficient (Wildman–Crippen LogP) is 2.64. The smallest absolute Gasteiger partial charge is 0.228 e. The van der Waals surface area contributed by atoms with Gasteiger partial charge in [-0.1, -0.05) is 0 Å². The third-order valence-corrected chi connectivity index (χ3v) is 4.27. The maximum absolute atomic E-state index is 12.2. The Bertz CT molecular complexity index is 669. The van der Waals surface area contributed by atoms with Crippen LogP contribution in [0.4, 0.5) is 5.69 Å². The van der Waals surface area contributed by atoms with Gasteiger partial charge in [0, 0.05) is 24.2 Å². The lowest BCUT2D eigenvalue weighted by atomic mass is 9.99. The third kappa shape index (κ3) is 2.65. The highest BCUT2D eigenvalue weighted by atomic mass is 16.3. The van der Waals surface area contributed by atoms with Crippen LogP contribution >= 0.6 is 0 Å². The van der Waals surface area contributed by atoms with Gasteiger partial charge in [-0.05, 0) is 44.4 Å². The van der Waals surface area contributed by atoms with Crippen molar-refractivity contribution in [3.8, 4) is 0 Å². The van der Waals surface area contributed by atoms with Crippen LogP contribution in [0.1, 0.15) is 37.5 Å². The Kier molecular flexibility index (Phi) is 3.15. The van der Waals surface area contributed by atoms with Crippen LogP contribution in [0, 0.1) is 5.92 Å². The van der Waals surface area contributed by atoms with Crippen LogP contribution in [0.25, 0.3) is 11.1 Å². The van der Waals surface area contributed by atoms with Gasteiger partial charge >= 0.3 is 0 Å². The topological polar surface area (TPSA) is 67.2 Å². The molecule has 1 saturated heterocycles. The molecular weight excluding hydrogens is 266 g/mol. The molecule has 1 amide bonds. The molecule has 1 aromatic carbocycles. The quantitative estimate of drug-likeness (QED) is 0.909. The molecule has 1 unspecified atom stereocenters. The van der Waals surface area contributed by atoms with Crippen molar-refractivity contribution in [1.82, 2.24) is 10.3 Å². The number of nitrogens with one attached hydrogen (secondary N) is 2. The van der Waals surface area contributed by atoms with Gasteiger partial charge in [0.1, 0.15) is 5.52 Å². The summed E-state index contributed by atoms with van der Waals surface area (Å²) in [6, 6.07) is 5.69. The average molecular weight is 285 g/mol. The van der Waals surface area contributed by atoms with E-state index in [2.05, 4.69) is 15.6 Å². The van der Waals surface area contributed by atoms with E-state index in [1.54, 1.807) is 0 Å². The number of hydrogen-bond donors (Lipinski definition) is 2. The largest absolute Gasteiger partial charge is 0.440 e. The summed E-state index contributed by atoms with van der Waals surface area (Å²) in [6.45, 7) is 1.78. The summed E-state index contributed by atoms with van der Waals surface area (Å²) in [5.41, 5.74) is 2.42. The Morgan fingerprint density at radius 3 is 3.00 bits per heavy atom. The van der Waals surface area contributed by atoms with Gasteiger partial charge < -0.3 is 15.1 Å². The van der Waals surface area contributed by atoms with E-state index in [1.807, 2.05) is 18.2 Å². The molecule has 4 rings (SSSR count). The van der Waals surface area contributed by atoms with Crippen LogP contribution in [0.15, 0.2) is 22.6 Å². The Morgan fingerprint density at radius 1 is 1.33 bits per heavy atom. The molecule has 1 saturated carbocycles. The molecule has 2 heterocycles. The fraction of sp³-hybridized carbons (Fsp3) is 0.500. The molecule has 1 aliphatic carbocycles. The summed E-state index contributed by atoms with van der Waals surface area (Å²) >= 11 is 0. The summed E-state index contributed by atoms with van der Waals surface area (Å²) in [5.74, 6) is 1.49. The zero-order valence-electron chi connectivity index (χ0n) is 11.9. The number of carbonyl (C=O) groups excluding carboxylic acids is 1. The van der Waals surface area contributed by atoms with Crippen molar-refractivity contribution in [3.63, 3.8) is 0 Å². The van der Waals surface area contributed by atoms with Gasteiger partial charge in [-0.2, -0.15) is 0 Å². The van der Waals surface area contributed by atoms with E-state index in [-0.39, 0.29) is 11.8 Å². The second-order valence-electron chi connectivity index (χ2n) is 6.04. The number of fused-ring (bicyclic) bond motifs is 1. The third-order valence-electron chi connectivity index (χ3n) is 4.27. The van der Waals surface area contributed by atoms with Crippen molar-refractivity contribution >= 4 is 22.7 Å². The summed E-state index contributed by atoms with van der Waals surface area (Å²) < 4.78 is 5.78. The van der Waals surface area contributed by atoms with Crippen molar-refractivity contribution in [2.45, 2.75) is 31.6 Å². The fourth-order valence-electron chi connectivity index (χ4n) is 2.85. The SMILES string of the molecule is O=C(Nc1ccc2nc(C3CC3)oc2c1)C1CCCNC1. The van der Waals surface area contributed by atoms with E-state index in [4.69, 9.17) is 4.42 Å². The van der Waals surface area contributed by atoms with E-state index in [0.29, 0.717) is 5.92 Å². The Morgan fingerprint density at radius 2 is 2.24 bits per heavy atom. The first-order chi connectivity index (χ1) is 10.3. The number of anilines is 1. The van der Waals surface area contributed by atoms with E-state index in [1.165, 1.54) is 12.8 Å². The number of benzene rings is 1. The normalized spacial score (nSPS) is 22.4. The van der Waals surface area contributed by atoms with Gasteiger partial charge in [-0.15, -0.1) is 0 Å². The zero-order chi connectivity index (χ0) is 14.2. The predicted molar refractivity (Wildman–Crippen MR) is 80.2 cm³/mol. The summed E-state index contributed by atoms with van der Waals surface area (Å²) in [4.78, 5) is 16.7. The second-order valence-corrected chi connectivity index (χ2v) is 6.04. The van der Waals surface area contributed by atoms with Crippen molar-refractivity contribution in [3.05, 3.63) is 24.1 Å². The first kappa shape index (κ1) is 12.8. The van der Waals surface area contributed by atoms with Crippen molar-refractivity contribution in [2.75, 3.05) is 18.4 Å². The van der Waals surface area contributed by atoms with Crippen LogP contribution in [-0.4, -0.2) is 24.0 Å². The number of nitrogens with zero attached hydrogens (tertiary/aromatic N) is 1. The van der Waals surface area contributed by atoms with E-state index in [0.717, 1.165) is 48.6 Å². The van der Waals surface area contributed by atoms with Gasteiger partial charge in [0.15, 0.2) is 11.5 Å². The summed E-state index contributed by atoms with van der Waals surface area (Å²) in [6.07, 6.45) is 4.36. The minimum absolute atomic E-state index is 0.0613. The first-order valence-electron chi connectivity index (χ1n) is 7.72. The van der Waals surface area contributed by atoms with E-state index < -0.39 is 0 Å². The van der Waals surface area contributed by atoms with Gasteiger partial charge in [0.2, 0.25) is 5.91 Å². The highest BCUT2D eigenvalue weighted by molar-refractivity contribution is 5.94. The molecule has 110 valence electrons. The van der Waals surface area contributed by atoms with Crippen LogP contribution < -0.4 is 10.6 Å². The highest BCUT2D eigenvalue weighted by Gasteiger charge is 2.29. The molecule has 5 heteroatoms. The lowest BCUT2D eigenvalue weighted by Gasteiger charge is -2.21. The van der Waals surface area contributed by atoms with Crippen molar-refractivity contribution in [2.24, 2.45) is 5.92 Å². The number of oxazole rings is 1. The van der Waals surface area contributed by atoms with Crippen LogP contribution in [-0.2, 0) is 4.79 Å². The maximum Gasteiger partial charge on any atom is 0.228 e. The van der Waals surface area contributed by atoms with Gasteiger partial charge in [0.05, 0.1) is 5.92 Å². The fourth-order valence-corrected chi connectivity index (χ4v) is 2.85. The Balaban J connectivity index is 1.51. The molecule has 2 aromatic rings. The van der Waals surface area contributed by atoms with Gasteiger partial charge in [-0.3, -0.25) is 4.79 Å². The molecule has 1 aliphatic heterocycles. The number of carbonyl (C=O) groups is 1. The lowest BCUT2D eigenvalue weighted by Crippen LogP contribution is -2.37. The van der Waals surface area contributed by atoms with E-state index >= 15 is 0 Å². The van der Waals surface area contributed by atoms with Gasteiger partial charge in [-0.25, -0.2) is 4.98 Å². The number of aromatic nitrogens is 1. The lowest BCUT2D eigenvalue weighted by molar-refractivity contribution is -0.120. The van der Waals surface area contributed by atoms with Crippen LogP contribution in [0.5, 0.6) is 0 Å². The standard InChI is InChI=1S/C16H19N3O2/c20-15(11-2-1-7-17-9-11)18-12-5-6-13-14(8-12)21-16(19-13)10-3-4-10/h5-6,8,10-11,17H,1-4,7,9H2,(H,18,20). The average Bonchev–Trinajstić information content (AvgIpc) is 3.28. The molecule has 5 nitrogen and oxygen atoms in total. The first-order valence-corrected chi connectivity index (χ1v) is 7.72. The molecule has 0 radical (unpaired) electrons. The monoisotopic (exact) mass is 285 g/mol. The maximum atomic E-state index is 12.2. The van der Waals surface area contributed by atoms with Crippen molar-refractivity contribution < 1.29 is 9.21 Å². The molecule has 2 fully saturated rings. The summed E-state index contributed by atoms with van der Waals surface area (Å²) in [5, 5.41) is 6.26. The number of hydrogen-bond acceptors (Lipinski definition) is 4. The minimum Gasteiger partial charge on any atom is -0.440 e. The molecule has 2 N–H and O–H groups in total. The minimum atomic E-state index is 0.0613. The van der Waals surface area contributed by atoms with Crippen molar-refractivity contribution in [1.29, 1.82) is 0 Å². The molecule has 2 aliphatic rings. The number of piperidine rings is 1. The Labute approximate surface area is 123 Å².